The van der Waals surface area contributed by atoms with Gasteiger partial charge in [-0.3, -0.25) is 14.5 Å². The fourth-order valence-corrected chi connectivity index (χ4v) is 2.28. The van der Waals surface area contributed by atoms with Crippen molar-refractivity contribution >= 4 is 23.5 Å². The van der Waals surface area contributed by atoms with Gasteiger partial charge >= 0.3 is 6.03 Å². The lowest BCUT2D eigenvalue weighted by Gasteiger charge is -2.16. The number of rotatable bonds is 4. The summed E-state index contributed by atoms with van der Waals surface area (Å²) in [6.45, 7) is -0.369. The molecule has 1 N–H and O–H groups in total. The first-order valence-electron chi connectivity index (χ1n) is 6.71. The van der Waals surface area contributed by atoms with Gasteiger partial charge in [-0.15, -0.1) is 0 Å². The summed E-state index contributed by atoms with van der Waals surface area (Å²) >= 11 is 0. The number of halogens is 1. The van der Waals surface area contributed by atoms with Crippen LogP contribution >= 0.6 is 0 Å². The van der Waals surface area contributed by atoms with E-state index in [-0.39, 0.29) is 18.3 Å². The Morgan fingerprint density at radius 2 is 2.00 bits per heavy atom. The maximum Gasteiger partial charge on any atom is 0.327 e. The summed E-state index contributed by atoms with van der Waals surface area (Å²) in [6, 6.07) is 5.41. The smallest absolute Gasteiger partial charge is 0.322 e. The number of amides is 4. The Morgan fingerprint density at radius 1 is 1.29 bits per heavy atom. The third-order valence-electron chi connectivity index (χ3n) is 3.52. The second kappa shape index (κ2) is 5.16. The van der Waals surface area contributed by atoms with Crippen LogP contribution in [0.1, 0.15) is 12.8 Å². The monoisotopic (exact) mass is 291 g/mol. The van der Waals surface area contributed by atoms with Gasteiger partial charge in [-0.25, -0.2) is 9.18 Å². The van der Waals surface area contributed by atoms with E-state index in [1.807, 2.05) is 0 Å². The van der Waals surface area contributed by atoms with E-state index in [1.165, 1.54) is 23.1 Å². The topological polar surface area (TPSA) is 69.7 Å². The van der Waals surface area contributed by atoms with Crippen molar-refractivity contribution in [3.8, 4) is 0 Å². The Kier molecular flexibility index (Phi) is 3.32. The highest BCUT2D eigenvalue weighted by molar-refractivity contribution is 6.06. The molecule has 0 unspecified atom stereocenters. The molecule has 1 aliphatic heterocycles. The standard InChI is InChI=1S/C14H14FN3O3/c15-10-3-1-2-4-11(10)16-12(19)7-18-13(20)8-17(14(18)21)9-5-6-9/h1-4,9H,5-8H2,(H,16,19). The molecular formula is C14H14FN3O3. The number of nitrogens with zero attached hydrogens (tertiary/aromatic N) is 2. The van der Waals surface area contributed by atoms with Crippen LogP contribution in [0.3, 0.4) is 0 Å². The maximum atomic E-state index is 13.4. The van der Waals surface area contributed by atoms with E-state index in [0.29, 0.717) is 0 Å². The van der Waals surface area contributed by atoms with Crippen LogP contribution in [0.25, 0.3) is 0 Å². The Morgan fingerprint density at radius 3 is 2.67 bits per heavy atom. The molecule has 2 aliphatic rings. The first-order valence-corrected chi connectivity index (χ1v) is 6.71. The lowest BCUT2D eigenvalue weighted by atomic mass is 10.3. The van der Waals surface area contributed by atoms with Crippen LogP contribution in [-0.2, 0) is 9.59 Å². The molecule has 0 bridgehead atoms. The van der Waals surface area contributed by atoms with Gasteiger partial charge in [0, 0.05) is 6.04 Å². The zero-order chi connectivity index (χ0) is 15.0. The minimum atomic E-state index is -0.598. The molecule has 7 heteroatoms. The third-order valence-corrected chi connectivity index (χ3v) is 3.52. The second-order valence-corrected chi connectivity index (χ2v) is 5.15. The molecule has 3 rings (SSSR count). The molecule has 2 fully saturated rings. The Labute approximate surface area is 120 Å². The molecule has 0 spiro atoms. The largest absolute Gasteiger partial charge is 0.327 e. The molecule has 0 radical (unpaired) electrons. The lowest BCUT2D eigenvalue weighted by Crippen LogP contribution is -2.39. The van der Waals surface area contributed by atoms with E-state index in [1.54, 1.807) is 6.07 Å². The van der Waals surface area contributed by atoms with Gasteiger partial charge in [-0.1, -0.05) is 12.1 Å². The molecule has 1 aromatic rings. The maximum absolute atomic E-state index is 13.4. The first kappa shape index (κ1) is 13.5. The van der Waals surface area contributed by atoms with Crippen molar-refractivity contribution in [1.29, 1.82) is 0 Å². The van der Waals surface area contributed by atoms with Crippen molar-refractivity contribution < 1.29 is 18.8 Å². The number of hydrogen-bond acceptors (Lipinski definition) is 3. The van der Waals surface area contributed by atoms with Crippen LogP contribution in [0.2, 0.25) is 0 Å². The Balaban J connectivity index is 1.63. The highest BCUT2D eigenvalue weighted by atomic mass is 19.1. The average molecular weight is 291 g/mol. The van der Waals surface area contributed by atoms with Crippen molar-refractivity contribution in [2.45, 2.75) is 18.9 Å². The van der Waals surface area contributed by atoms with Gasteiger partial charge < -0.3 is 10.2 Å². The van der Waals surface area contributed by atoms with E-state index < -0.39 is 30.2 Å². The Bertz CT molecular complexity index is 615. The molecule has 6 nitrogen and oxygen atoms in total. The number of urea groups is 1. The van der Waals surface area contributed by atoms with Crippen LogP contribution in [0.15, 0.2) is 24.3 Å². The quantitative estimate of drug-likeness (QED) is 0.847. The summed E-state index contributed by atoms with van der Waals surface area (Å²) < 4.78 is 13.4. The summed E-state index contributed by atoms with van der Waals surface area (Å²) in [7, 11) is 0. The minimum absolute atomic E-state index is 0.0243. The molecule has 0 atom stereocenters. The van der Waals surface area contributed by atoms with Gasteiger partial charge in [0.05, 0.1) is 5.69 Å². The van der Waals surface area contributed by atoms with Crippen molar-refractivity contribution in [1.82, 2.24) is 9.80 Å². The molecule has 0 aromatic heterocycles. The van der Waals surface area contributed by atoms with Crippen LogP contribution < -0.4 is 5.32 Å². The molecule has 1 heterocycles. The number of carbonyl (C=O) groups excluding carboxylic acids is 3. The summed E-state index contributed by atoms with van der Waals surface area (Å²) in [5, 5.41) is 2.36. The van der Waals surface area contributed by atoms with Gasteiger partial charge in [-0.2, -0.15) is 0 Å². The van der Waals surface area contributed by atoms with Gasteiger partial charge in [-0.05, 0) is 25.0 Å². The summed E-state index contributed by atoms with van der Waals surface area (Å²) in [5.41, 5.74) is 0.0284. The third kappa shape index (κ3) is 2.72. The van der Waals surface area contributed by atoms with Crippen LogP contribution in [0.5, 0.6) is 0 Å². The summed E-state index contributed by atoms with van der Waals surface area (Å²) in [6.07, 6.45) is 1.79. The minimum Gasteiger partial charge on any atom is -0.322 e. The van der Waals surface area contributed by atoms with Crippen LogP contribution in [0.4, 0.5) is 14.9 Å². The van der Waals surface area contributed by atoms with Gasteiger partial charge in [0.15, 0.2) is 0 Å². The lowest BCUT2D eigenvalue weighted by molar-refractivity contribution is -0.129. The first-order chi connectivity index (χ1) is 10.1. The zero-order valence-corrected chi connectivity index (χ0v) is 11.2. The molecule has 21 heavy (non-hydrogen) atoms. The highest BCUT2D eigenvalue weighted by Crippen LogP contribution is 2.30. The van der Waals surface area contributed by atoms with Gasteiger partial charge in [0.2, 0.25) is 5.91 Å². The van der Waals surface area contributed by atoms with E-state index in [2.05, 4.69) is 5.32 Å². The second-order valence-electron chi connectivity index (χ2n) is 5.15. The number of benzene rings is 1. The zero-order valence-electron chi connectivity index (χ0n) is 11.2. The predicted molar refractivity (Wildman–Crippen MR) is 71.9 cm³/mol. The molecule has 1 aromatic carbocycles. The van der Waals surface area contributed by atoms with E-state index in [0.717, 1.165) is 17.7 Å². The number of nitrogens with one attached hydrogen (secondary N) is 1. The molecule has 4 amide bonds. The Hall–Kier alpha value is -2.44. The fraction of sp³-hybridized carbons (Fsp3) is 0.357. The molecule has 110 valence electrons. The number of imide groups is 1. The number of para-hydroxylation sites is 1. The number of hydrogen-bond donors (Lipinski definition) is 1. The SMILES string of the molecule is O=C(CN1C(=O)CN(C2CC2)C1=O)Nc1ccccc1F. The average Bonchev–Trinajstić information content (AvgIpc) is 3.24. The number of anilines is 1. The van der Waals surface area contributed by atoms with Crippen molar-refractivity contribution in [3.05, 3.63) is 30.1 Å². The molecule has 1 aliphatic carbocycles. The van der Waals surface area contributed by atoms with Crippen LogP contribution in [0, 0.1) is 5.82 Å². The van der Waals surface area contributed by atoms with Crippen molar-refractivity contribution in [2.24, 2.45) is 0 Å². The number of carbonyl (C=O) groups is 3. The fourth-order valence-electron chi connectivity index (χ4n) is 2.28. The molecule has 1 saturated heterocycles. The van der Waals surface area contributed by atoms with Crippen molar-refractivity contribution in [2.75, 3.05) is 18.4 Å². The highest BCUT2D eigenvalue weighted by Gasteiger charge is 2.44. The molecular weight excluding hydrogens is 277 g/mol. The van der Waals surface area contributed by atoms with Gasteiger partial charge in [0.25, 0.3) is 5.91 Å². The van der Waals surface area contributed by atoms with Gasteiger partial charge in [0.1, 0.15) is 18.9 Å². The normalized spacial score (nSPS) is 18.3. The van der Waals surface area contributed by atoms with E-state index in [4.69, 9.17) is 0 Å². The summed E-state index contributed by atoms with van der Waals surface area (Å²) in [5.74, 6) is -1.56. The van der Waals surface area contributed by atoms with Crippen LogP contribution in [-0.4, -0.2) is 46.8 Å². The van der Waals surface area contributed by atoms with Crippen molar-refractivity contribution in [3.63, 3.8) is 0 Å². The predicted octanol–water partition coefficient (Wildman–Crippen LogP) is 1.19. The van der Waals surface area contributed by atoms with E-state index >= 15 is 0 Å². The molecule has 1 saturated carbocycles. The summed E-state index contributed by atoms with van der Waals surface area (Å²) in [4.78, 5) is 38.1. The van der Waals surface area contributed by atoms with E-state index in [9.17, 15) is 18.8 Å².